The summed E-state index contributed by atoms with van der Waals surface area (Å²) in [6, 6.07) is 10.8. The number of aliphatic hydroxyl groups is 1. The molecule has 2 rings (SSSR count). The van der Waals surface area contributed by atoms with Crippen LogP contribution in [0.2, 0.25) is 0 Å². The number of hydrogen-bond donors (Lipinski definition) is 4. The van der Waals surface area contributed by atoms with Gasteiger partial charge in [0.05, 0.1) is 6.61 Å². The van der Waals surface area contributed by atoms with E-state index in [9.17, 15) is 27.3 Å². The van der Waals surface area contributed by atoms with E-state index in [1.165, 1.54) is 12.1 Å². The van der Waals surface area contributed by atoms with Crippen LogP contribution in [0.25, 0.3) is 11.1 Å². The molecule has 2 unspecified atom stereocenters. The monoisotopic (exact) mass is 488 g/mol. The zero-order chi connectivity index (χ0) is 24.9. The number of alkyl halides is 3. The van der Waals surface area contributed by atoms with E-state index in [2.05, 4.69) is 0 Å². The molecule has 3 atom stereocenters. The van der Waals surface area contributed by atoms with Gasteiger partial charge in [-0.1, -0.05) is 36.4 Å². The molecule has 5 N–H and O–H groups in total. The second-order valence-electron chi connectivity index (χ2n) is 7.60. The average Bonchev–Trinajstić information content (AvgIpc) is 2.75. The first kappa shape index (κ1) is 26.6. The van der Waals surface area contributed by atoms with Gasteiger partial charge in [0.1, 0.15) is 11.8 Å². The van der Waals surface area contributed by atoms with Crippen molar-refractivity contribution < 1.29 is 37.1 Å². The fourth-order valence-electron chi connectivity index (χ4n) is 3.18. The number of nitrogens with two attached hydrogens (primary N) is 1. The number of hydrogen-bond acceptors (Lipinski definition) is 6. The zero-order valence-electron chi connectivity index (χ0n) is 18.0. The lowest BCUT2D eigenvalue weighted by Gasteiger charge is -2.31. The van der Waals surface area contributed by atoms with Crippen molar-refractivity contribution in [3.63, 3.8) is 0 Å². The van der Waals surface area contributed by atoms with E-state index in [1.54, 1.807) is 24.3 Å². The number of carbonyl (C=O) groups is 1. The molecule has 0 fully saturated rings. The quantitative estimate of drug-likeness (QED) is 0.381. The first-order valence-corrected chi connectivity index (χ1v) is 12.0. The van der Waals surface area contributed by atoms with Crippen LogP contribution in [0.15, 0.2) is 48.5 Å². The van der Waals surface area contributed by atoms with Crippen molar-refractivity contribution in [2.45, 2.75) is 37.6 Å². The van der Waals surface area contributed by atoms with Gasteiger partial charge >= 0.3 is 12.1 Å². The predicted octanol–water partition coefficient (Wildman–Crippen LogP) is 3.74. The predicted molar refractivity (Wildman–Crippen MR) is 118 cm³/mol. The number of rotatable bonds is 11. The van der Waals surface area contributed by atoms with Crippen molar-refractivity contribution in [3.05, 3.63) is 54.1 Å². The summed E-state index contributed by atoms with van der Waals surface area (Å²) in [5, 5.41) is 19.3. The number of ether oxygens (including phenoxy) is 1. The maximum atomic E-state index is 13.8. The lowest BCUT2D eigenvalue weighted by atomic mass is 9.89. The Morgan fingerprint density at radius 2 is 1.79 bits per heavy atom. The molecule has 0 saturated heterocycles. The van der Waals surface area contributed by atoms with Crippen LogP contribution >= 0.6 is 0 Å². The Bertz CT molecular complexity index is 1060. The molecular weight excluding hydrogens is 461 g/mol. The summed E-state index contributed by atoms with van der Waals surface area (Å²) in [6.07, 6.45) is -6.42. The van der Waals surface area contributed by atoms with Gasteiger partial charge in [-0.25, -0.2) is 4.21 Å². The molecule has 0 heterocycles. The Morgan fingerprint density at radius 3 is 2.33 bits per heavy atom. The summed E-state index contributed by atoms with van der Waals surface area (Å²) in [5.74, 6) is -2.00. The Hall–Kier alpha value is -2.63. The molecule has 182 valence electrons. The smallest absolute Gasteiger partial charge is 0.421 e. The highest BCUT2D eigenvalue weighted by Crippen LogP contribution is 2.42. The SMILES string of the molecule is CCOc1cccc(-c2ccc(C(O)(CCS(=N)(=O)CC[C@H](N)C(=O)O)C(F)(F)F)cc2)c1. The summed E-state index contributed by atoms with van der Waals surface area (Å²) >= 11 is 0. The minimum absolute atomic E-state index is 0.322. The van der Waals surface area contributed by atoms with Crippen LogP contribution in [-0.4, -0.2) is 50.7 Å². The molecule has 0 amide bonds. The minimum Gasteiger partial charge on any atom is -0.494 e. The second kappa shape index (κ2) is 10.5. The van der Waals surface area contributed by atoms with Crippen molar-refractivity contribution in [3.8, 4) is 16.9 Å². The topological polar surface area (TPSA) is 134 Å². The van der Waals surface area contributed by atoms with Crippen LogP contribution in [0.5, 0.6) is 5.75 Å². The Labute approximate surface area is 190 Å². The van der Waals surface area contributed by atoms with E-state index in [0.717, 1.165) is 12.1 Å². The van der Waals surface area contributed by atoms with Crippen LogP contribution in [0.1, 0.15) is 25.3 Å². The van der Waals surface area contributed by atoms with Crippen molar-refractivity contribution in [1.29, 1.82) is 4.78 Å². The highest BCUT2D eigenvalue weighted by molar-refractivity contribution is 7.92. The first-order valence-electron chi connectivity index (χ1n) is 10.1. The first-order chi connectivity index (χ1) is 15.3. The van der Waals surface area contributed by atoms with Gasteiger partial charge in [-0.15, -0.1) is 0 Å². The summed E-state index contributed by atoms with van der Waals surface area (Å²) in [4.78, 5) is 10.8. The fraction of sp³-hybridized carbons (Fsp3) is 0.409. The Balaban J connectivity index is 2.24. The van der Waals surface area contributed by atoms with Crippen LogP contribution in [0, 0.1) is 4.78 Å². The van der Waals surface area contributed by atoms with E-state index in [0.29, 0.717) is 23.5 Å². The Kier molecular flexibility index (Phi) is 8.50. The normalized spacial score (nSPS) is 16.4. The molecule has 0 aliphatic rings. The van der Waals surface area contributed by atoms with Crippen LogP contribution < -0.4 is 10.5 Å². The maximum absolute atomic E-state index is 13.8. The fourth-order valence-corrected chi connectivity index (χ4v) is 4.64. The summed E-state index contributed by atoms with van der Waals surface area (Å²) < 4.78 is 67.1. The Morgan fingerprint density at radius 1 is 1.15 bits per heavy atom. The molecule has 0 radical (unpaired) electrons. The molecule has 0 saturated carbocycles. The van der Waals surface area contributed by atoms with E-state index >= 15 is 0 Å². The minimum atomic E-state index is -5.09. The highest BCUT2D eigenvalue weighted by atomic mass is 32.2. The lowest BCUT2D eigenvalue weighted by molar-refractivity contribution is -0.267. The summed E-state index contributed by atoms with van der Waals surface area (Å²) in [6.45, 7) is 2.29. The molecule has 0 aliphatic heterocycles. The van der Waals surface area contributed by atoms with E-state index < -0.39 is 57.0 Å². The van der Waals surface area contributed by atoms with Crippen LogP contribution in [0.4, 0.5) is 13.2 Å². The zero-order valence-corrected chi connectivity index (χ0v) is 18.8. The van der Waals surface area contributed by atoms with Gasteiger partial charge in [0.15, 0.2) is 5.60 Å². The molecule has 0 aliphatic carbocycles. The molecule has 0 bridgehead atoms. The van der Waals surface area contributed by atoms with Crippen molar-refractivity contribution in [1.82, 2.24) is 0 Å². The summed E-state index contributed by atoms with van der Waals surface area (Å²) in [7, 11) is -3.59. The molecule has 33 heavy (non-hydrogen) atoms. The lowest BCUT2D eigenvalue weighted by Crippen LogP contribution is -2.44. The highest BCUT2D eigenvalue weighted by Gasteiger charge is 2.54. The second-order valence-corrected chi connectivity index (χ2v) is 10.0. The molecule has 0 spiro atoms. The van der Waals surface area contributed by atoms with Crippen molar-refractivity contribution in [2.24, 2.45) is 5.73 Å². The van der Waals surface area contributed by atoms with Gasteiger partial charge in [-0.05, 0) is 42.2 Å². The molecule has 11 heteroatoms. The maximum Gasteiger partial charge on any atom is 0.421 e. The number of aliphatic carboxylic acids is 1. The number of benzene rings is 2. The van der Waals surface area contributed by atoms with Crippen LogP contribution in [0.3, 0.4) is 0 Å². The van der Waals surface area contributed by atoms with Gasteiger partial charge < -0.3 is 20.7 Å². The van der Waals surface area contributed by atoms with Gasteiger partial charge in [0.25, 0.3) is 0 Å². The number of carboxylic acids is 1. The number of halogens is 3. The summed E-state index contributed by atoms with van der Waals surface area (Å²) in [5.41, 5.74) is 2.86. The number of carboxylic acid groups (broad SMARTS) is 1. The standard InChI is InChI=1S/C22H27F3N2O5S/c1-2-32-18-5-3-4-16(14-18)15-6-8-17(9-7-15)21(30,22(23,24)25)11-13-33(27,31)12-10-19(26)20(28)29/h3-9,14,19,27,30H,2,10-13,26H2,1H3,(H,28,29)/t19-,21?,33?/m0/s1. The largest absolute Gasteiger partial charge is 0.494 e. The average molecular weight is 489 g/mol. The van der Waals surface area contributed by atoms with Gasteiger partial charge in [-0.2, -0.15) is 13.2 Å². The number of nitrogens with one attached hydrogen (secondary N) is 1. The third-order valence-electron chi connectivity index (χ3n) is 5.18. The van der Waals surface area contributed by atoms with E-state index in [1.807, 2.05) is 6.92 Å². The molecule has 0 aromatic heterocycles. The van der Waals surface area contributed by atoms with Crippen molar-refractivity contribution >= 4 is 15.7 Å². The van der Waals surface area contributed by atoms with Crippen LogP contribution in [-0.2, 0) is 20.1 Å². The van der Waals surface area contributed by atoms with Gasteiger partial charge in [-0.3, -0.25) is 9.57 Å². The van der Waals surface area contributed by atoms with Gasteiger partial charge in [0, 0.05) is 27.7 Å². The van der Waals surface area contributed by atoms with Crippen molar-refractivity contribution in [2.75, 3.05) is 18.1 Å². The van der Waals surface area contributed by atoms with Gasteiger partial charge in [0.2, 0.25) is 0 Å². The molecular formula is C22H27F3N2O5S. The third kappa shape index (κ3) is 6.92. The van der Waals surface area contributed by atoms with E-state index in [-0.39, 0.29) is 6.42 Å². The van der Waals surface area contributed by atoms with E-state index in [4.69, 9.17) is 20.4 Å². The third-order valence-corrected chi connectivity index (χ3v) is 6.94. The molecule has 7 nitrogen and oxygen atoms in total. The molecule has 2 aromatic carbocycles. The molecule has 2 aromatic rings.